The number of rotatable bonds is 11. The molecule has 7 heteroatoms. The zero-order chi connectivity index (χ0) is 17.9. The number of carbonyl (C=O) groups is 2. The third-order valence-electron chi connectivity index (χ3n) is 3.51. The molecule has 0 radical (unpaired) electrons. The molecule has 0 saturated heterocycles. The second-order valence-electron chi connectivity index (χ2n) is 5.41. The molecule has 0 bridgehead atoms. The summed E-state index contributed by atoms with van der Waals surface area (Å²) in [6.45, 7) is 3.03. The fourth-order valence-corrected chi connectivity index (χ4v) is 3.21. The third kappa shape index (κ3) is 7.52. The largest absolute Gasteiger partial charge is 0.398 e. The van der Waals surface area contributed by atoms with E-state index in [0.717, 1.165) is 12.0 Å². The second kappa shape index (κ2) is 10.7. The van der Waals surface area contributed by atoms with Crippen molar-refractivity contribution in [3.63, 3.8) is 0 Å². The summed E-state index contributed by atoms with van der Waals surface area (Å²) in [5.74, 6) is -0.725. The lowest BCUT2D eigenvalue weighted by molar-refractivity contribution is -0.118. The van der Waals surface area contributed by atoms with Crippen LogP contribution in [0.1, 0.15) is 31.7 Å². The van der Waals surface area contributed by atoms with Crippen molar-refractivity contribution in [2.24, 2.45) is 17.2 Å². The molecule has 6 N–H and O–H groups in total. The minimum Gasteiger partial charge on any atom is -0.398 e. The first-order chi connectivity index (χ1) is 11.4. The molecule has 0 aliphatic heterocycles. The van der Waals surface area contributed by atoms with Gasteiger partial charge in [-0.2, -0.15) is 0 Å². The summed E-state index contributed by atoms with van der Waals surface area (Å²) >= 11 is 1.57. The number of hydrogen-bond donors (Lipinski definition) is 3. The molecule has 6 nitrogen and oxygen atoms in total. The van der Waals surface area contributed by atoms with E-state index in [-0.39, 0.29) is 30.0 Å². The summed E-state index contributed by atoms with van der Waals surface area (Å²) < 4.78 is 0. The summed E-state index contributed by atoms with van der Waals surface area (Å²) in [4.78, 5) is 24.2. The van der Waals surface area contributed by atoms with Crippen molar-refractivity contribution in [1.29, 1.82) is 0 Å². The number of nitrogens with zero attached hydrogens (tertiary/aromatic N) is 1. The Morgan fingerprint density at radius 3 is 2.08 bits per heavy atom. The van der Waals surface area contributed by atoms with Crippen molar-refractivity contribution in [1.82, 2.24) is 4.90 Å². The van der Waals surface area contributed by atoms with Gasteiger partial charge in [-0.3, -0.25) is 14.5 Å². The molecule has 2 amide bonds. The van der Waals surface area contributed by atoms with Crippen molar-refractivity contribution < 1.29 is 9.59 Å². The van der Waals surface area contributed by atoms with Crippen LogP contribution in [0.4, 0.5) is 0 Å². The molecular weight excluding hydrogens is 324 g/mol. The average molecular weight is 350 g/mol. The van der Waals surface area contributed by atoms with E-state index in [0.29, 0.717) is 18.8 Å². The van der Waals surface area contributed by atoms with Gasteiger partial charge in [-0.25, -0.2) is 0 Å². The van der Waals surface area contributed by atoms with Crippen LogP contribution >= 0.6 is 11.8 Å². The van der Waals surface area contributed by atoms with Gasteiger partial charge in [-0.1, -0.05) is 37.3 Å². The van der Waals surface area contributed by atoms with E-state index in [2.05, 4.69) is 4.90 Å². The number of amides is 2. The van der Waals surface area contributed by atoms with Crippen LogP contribution in [0, 0.1) is 0 Å². The standard InChI is InChI=1S/C17H26N4O2S/c1-2-17(21(10-8-15(19)22)11-9-16(20)23)24-12-14(18)13-6-4-3-5-7-13/h3-7,12,17H,2,8-11,18H2,1H3,(H2,19,22)(H2,20,23)/b14-12-. The van der Waals surface area contributed by atoms with Crippen LogP contribution in [-0.2, 0) is 9.59 Å². The maximum atomic E-state index is 11.1. The molecule has 0 spiro atoms. The van der Waals surface area contributed by atoms with Gasteiger partial charge in [-0.15, -0.1) is 11.8 Å². The lowest BCUT2D eigenvalue weighted by Gasteiger charge is -2.29. The lowest BCUT2D eigenvalue weighted by atomic mass is 10.2. The van der Waals surface area contributed by atoms with Gasteiger partial charge in [-0.05, 0) is 17.4 Å². The molecule has 24 heavy (non-hydrogen) atoms. The summed E-state index contributed by atoms with van der Waals surface area (Å²) in [5, 5.41) is 2.00. The normalized spacial score (nSPS) is 13.0. The Kier molecular flexibility index (Phi) is 8.96. The molecule has 0 aliphatic carbocycles. The molecule has 1 unspecified atom stereocenters. The Hall–Kier alpha value is -1.99. The van der Waals surface area contributed by atoms with Crippen LogP contribution in [0.25, 0.3) is 5.70 Å². The molecule has 1 atom stereocenters. The molecule has 1 aromatic rings. The first-order valence-corrected chi connectivity index (χ1v) is 8.85. The Balaban J connectivity index is 2.75. The predicted octanol–water partition coefficient (Wildman–Crippen LogP) is 1.47. The molecule has 132 valence electrons. The Morgan fingerprint density at radius 2 is 1.62 bits per heavy atom. The minimum absolute atomic E-state index is 0.0889. The highest BCUT2D eigenvalue weighted by atomic mass is 32.2. The summed E-state index contributed by atoms with van der Waals surface area (Å²) in [7, 11) is 0. The average Bonchev–Trinajstić information content (AvgIpc) is 2.56. The van der Waals surface area contributed by atoms with Crippen LogP contribution in [0.15, 0.2) is 35.7 Å². The fraction of sp³-hybridized carbons (Fsp3) is 0.412. The Labute approximate surface area is 147 Å². The van der Waals surface area contributed by atoms with Crippen molar-refractivity contribution in [2.45, 2.75) is 31.6 Å². The number of carbonyl (C=O) groups excluding carboxylic acids is 2. The summed E-state index contributed by atoms with van der Waals surface area (Å²) in [6, 6.07) is 9.71. The monoisotopic (exact) mass is 350 g/mol. The van der Waals surface area contributed by atoms with Gasteiger partial charge in [0, 0.05) is 31.6 Å². The number of hydrogen-bond acceptors (Lipinski definition) is 5. The first-order valence-electron chi connectivity index (χ1n) is 7.91. The Bertz CT molecular complexity index is 545. The van der Waals surface area contributed by atoms with Crippen molar-refractivity contribution in [3.05, 3.63) is 41.3 Å². The molecule has 0 saturated carbocycles. The maximum absolute atomic E-state index is 11.1. The van der Waals surface area contributed by atoms with E-state index < -0.39 is 0 Å². The molecule has 0 aliphatic rings. The third-order valence-corrected chi connectivity index (χ3v) is 4.84. The van der Waals surface area contributed by atoms with Gasteiger partial charge in [0.15, 0.2) is 0 Å². The highest BCUT2D eigenvalue weighted by Crippen LogP contribution is 2.24. The number of nitrogens with two attached hydrogens (primary N) is 3. The van der Waals surface area contributed by atoms with E-state index in [4.69, 9.17) is 17.2 Å². The lowest BCUT2D eigenvalue weighted by Crippen LogP contribution is -2.37. The van der Waals surface area contributed by atoms with Gasteiger partial charge in [0.25, 0.3) is 0 Å². The van der Waals surface area contributed by atoms with E-state index >= 15 is 0 Å². The van der Waals surface area contributed by atoms with Gasteiger partial charge in [0.1, 0.15) is 0 Å². The van der Waals surface area contributed by atoms with Crippen LogP contribution in [-0.4, -0.2) is 35.2 Å². The number of primary amides is 2. The first kappa shape index (κ1) is 20.1. The van der Waals surface area contributed by atoms with Crippen LogP contribution in [0.2, 0.25) is 0 Å². The SMILES string of the molecule is CCC(S/C=C(\N)c1ccccc1)N(CCC(N)=O)CCC(N)=O. The zero-order valence-corrected chi connectivity index (χ0v) is 14.8. The smallest absolute Gasteiger partial charge is 0.218 e. The Morgan fingerprint density at radius 1 is 1.08 bits per heavy atom. The number of benzene rings is 1. The molecule has 0 heterocycles. The highest BCUT2D eigenvalue weighted by molar-refractivity contribution is 8.02. The van der Waals surface area contributed by atoms with E-state index in [1.54, 1.807) is 11.8 Å². The highest BCUT2D eigenvalue weighted by Gasteiger charge is 2.18. The zero-order valence-electron chi connectivity index (χ0n) is 14.0. The second-order valence-corrected chi connectivity index (χ2v) is 6.46. The fourth-order valence-electron chi connectivity index (χ4n) is 2.20. The van der Waals surface area contributed by atoms with Gasteiger partial charge < -0.3 is 17.2 Å². The topological polar surface area (TPSA) is 115 Å². The number of thioether (sulfide) groups is 1. The molecule has 0 aromatic heterocycles. The molecule has 1 aromatic carbocycles. The van der Waals surface area contributed by atoms with E-state index in [9.17, 15) is 9.59 Å². The molecule has 1 rings (SSSR count). The van der Waals surface area contributed by atoms with Crippen LogP contribution in [0.5, 0.6) is 0 Å². The summed E-state index contributed by atoms with van der Waals surface area (Å²) in [5.41, 5.74) is 18.2. The van der Waals surface area contributed by atoms with Crippen LogP contribution < -0.4 is 17.2 Å². The quantitative estimate of drug-likeness (QED) is 0.523. The van der Waals surface area contributed by atoms with Crippen molar-refractivity contribution in [2.75, 3.05) is 13.1 Å². The minimum atomic E-state index is -0.363. The van der Waals surface area contributed by atoms with Crippen LogP contribution in [0.3, 0.4) is 0 Å². The van der Waals surface area contributed by atoms with Crippen molar-refractivity contribution >= 4 is 29.3 Å². The van der Waals surface area contributed by atoms with Gasteiger partial charge >= 0.3 is 0 Å². The van der Waals surface area contributed by atoms with Gasteiger partial charge in [0.05, 0.1) is 5.37 Å². The van der Waals surface area contributed by atoms with Crippen molar-refractivity contribution in [3.8, 4) is 0 Å². The molecule has 0 fully saturated rings. The molecular formula is C17H26N4O2S. The summed E-state index contributed by atoms with van der Waals surface area (Å²) in [6.07, 6.45) is 1.32. The predicted molar refractivity (Wildman–Crippen MR) is 99.5 cm³/mol. The maximum Gasteiger partial charge on any atom is 0.218 e. The van der Waals surface area contributed by atoms with E-state index in [1.807, 2.05) is 42.7 Å². The van der Waals surface area contributed by atoms with E-state index in [1.165, 1.54) is 0 Å². The van der Waals surface area contributed by atoms with Gasteiger partial charge in [0.2, 0.25) is 11.8 Å².